The van der Waals surface area contributed by atoms with E-state index in [9.17, 15) is 4.79 Å². The van der Waals surface area contributed by atoms with Gasteiger partial charge in [0.25, 0.3) is 0 Å². The number of fused-ring (bicyclic) bond motifs is 1. The number of hydrogen-bond donors (Lipinski definition) is 0. The molecule has 0 atom stereocenters. The van der Waals surface area contributed by atoms with Crippen molar-refractivity contribution >= 4 is 23.5 Å². The van der Waals surface area contributed by atoms with Gasteiger partial charge in [-0.1, -0.05) is 41.8 Å². The fraction of sp³-hybridized carbons (Fsp3) is 0.190. The van der Waals surface area contributed by atoms with Crippen molar-refractivity contribution in [1.29, 1.82) is 0 Å². The summed E-state index contributed by atoms with van der Waals surface area (Å²) in [7, 11) is 0. The number of terminal acetylenes is 1. The van der Waals surface area contributed by atoms with Gasteiger partial charge in [0, 0.05) is 17.6 Å². The molecule has 3 rings (SSSR count). The molecule has 0 radical (unpaired) electrons. The number of ketones is 1. The van der Waals surface area contributed by atoms with Gasteiger partial charge >= 0.3 is 0 Å². The first-order chi connectivity index (χ1) is 12.1. The van der Waals surface area contributed by atoms with Crippen molar-refractivity contribution in [3.8, 4) is 23.8 Å². The van der Waals surface area contributed by atoms with Gasteiger partial charge in [0.1, 0.15) is 6.61 Å². The molecule has 2 aromatic carbocycles. The molecule has 0 unspecified atom stereocenters. The Bertz CT molecular complexity index is 890. The van der Waals surface area contributed by atoms with Crippen molar-refractivity contribution in [1.82, 2.24) is 0 Å². The molecule has 0 spiro atoms. The van der Waals surface area contributed by atoms with Crippen LogP contribution in [0.25, 0.3) is 6.08 Å². The van der Waals surface area contributed by atoms with Crippen molar-refractivity contribution in [2.45, 2.75) is 13.3 Å². The van der Waals surface area contributed by atoms with Gasteiger partial charge in [-0.15, -0.1) is 6.42 Å². The maximum atomic E-state index is 12.5. The van der Waals surface area contributed by atoms with E-state index in [1.807, 2.05) is 43.3 Å². The molecule has 0 aliphatic heterocycles. The van der Waals surface area contributed by atoms with Gasteiger partial charge in [-0.25, -0.2) is 0 Å². The number of rotatable bonds is 5. The average Bonchev–Trinajstić information content (AvgIpc) is 2.91. The SMILES string of the molecule is C#CCOc1c(Cl)cc(/C=C2\Cc3ccccc3C2=O)cc1OCC. The largest absolute Gasteiger partial charge is 0.490 e. The van der Waals surface area contributed by atoms with E-state index >= 15 is 0 Å². The monoisotopic (exact) mass is 352 g/mol. The second-order valence-electron chi connectivity index (χ2n) is 5.59. The Kier molecular flexibility index (Phi) is 5.11. The smallest absolute Gasteiger partial charge is 0.189 e. The number of allylic oxidation sites excluding steroid dienone is 1. The summed E-state index contributed by atoms with van der Waals surface area (Å²) < 4.78 is 11.1. The Labute approximate surface area is 152 Å². The number of benzene rings is 2. The molecule has 0 aromatic heterocycles. The number of ether oxygens (including phenoxy) is 2. The van der Waals surface area contributed by atoms with Gasteiger partial charge in [0.15, 0.2) is 17.3 Å². The molecular formula is C21H17ClO3. The van der Waals surface area contributed by atoms with Gasteiger partial charge in [0.2, 0.25) is 0 Å². The van der Waals surface area contributed by atoms with E-state index in [-0.39, 0.29) is 12.4 Å². The van der Waals surface area contributed by atoms with Crippen molar-refractivity contribution in [2.75, 3.05) is 13.2 Å². The van der Waals surface area contributed by atoms with Crippen molar-refractivity contribution in [3.63, 3.8) is 0 Å². The van der Waals surface area contributed by atoms with E-state index in [4.69, 9.17) is 27.5 Å². The Morgan fingerprint density at radius 3 is 2.80 bits per heavy atom. The van der Waals surface area contributed by atoms with Gasteiger partial charge in [-0.2, -0.15) is 0 Å². The lowest BCUT2D eigenvalue weighted by Gasteiger charge is -2.13. The van der Waals surface area contributed by atoms with Crippen LogP contribution in [-0.4, -0.2) is 19.0 Å². The third-order valence-corrected chi connectivity index (χ3v) is 4.19. The average molecular weight is 353 g/mol. The molecule has 0 saturated carbocycles. The number of carbonyl (C=O) groups excluding carboxylic acids is 1. The molecular weight excluding hydrogens is 336 g/mol. The zero-order valence-corrected chi connectivity index (χ0v) is 14.6. The summed E-state index contributed by atoms with van der Waals surface area (Å²) in [6, 6.07) is 11.2. The first kappa shape index (κ1) is 17.1. The van der Waals surface area contributed by atoms with Gasteiger partial charge in [-0.05, 0) is 36.3 Å². The molecule has 0 saturated heterocycles. The maximum Gasteiger partial charge on any atom is 0.189 e. The molecule has 1 aliphatic rings. The Morgan fingerprint density at radius 2 is 2.08 bits per heavy atom. The second-order valence-corrected chi connectivity index (χ2v) is 6.00. The summed E-state index contributed by atoms with van der Waals surface area (Å²) in [5.74, 6) is 3.40. The van der Waals surface area contributed by atoms with E-state index in [1.165, 1.54) is 0 Å². The molecule has 2 aromatic rings. The lowest BCUT2D eigenvalue weighted by molar-refractivity contribution is 0.104. The summed E-state index contributed by atoms with van der Waals surface area (Å²) in [6.45, 7) is 2.45. The van der Waals surface area contributed by atoms with Crippen LogP contribution in [0.5, 0.6) is 11.5 Å². The van der Waals surface area contributed by atoms with E-state index in [2.05, 4.69) is 5.92 Å². The molecule has 4 heteroatoms. The molecule has 0 amide bonds. The highest BCUT2D eigenvalue weighted by Crippen LogP contribution is 2.38. The van der Waals surface area contributed by atoms with Crippen LogP contribution in [0.4, 0.5) is 0 Å². The lowest BCUT2D eigenvalue weighted by Crippen LogP contribution is -2.01. The fourth-order valence-corrected chi connectivity index (χ4v) is 3.13. The fourth-order valence-electron chi connectivity index (χ4n) is 2.86. The van der Waals surface area contributed by atoms with Crippen molar-refractivity contribution < 1.29 is 14.3 Å². The molecule has 1 aliphatic carbocycles. The van der Waals surface area contributed by atoms with Crippen LogP contribution in [0, 0.1) is 12.3 Å². The standard InChI is InChI=1S/C21H17ClO3/c1-3-9-25-21-18(22)11-14(12-19(21)24-4-2)10-16-13-15-7-5-6-8-17(15)20(16)23/h1,5-8,10-12H,4,9,13H2,2H3/b16-10+. The van der Waals surface area contributed by atoms with Gasteiger partial charge in [-0.3, -0.25) is 4.79 Å². The molecule has 0 heterocycles. The minimum atomic E-state index is 0.0531. The zero-order valence-electron chi connectivity index (χ0n) is 13.8. The van der Waals surface area contributed by atoms with Gasteiger partial charge in [0.05, 0.1) is 11.6 Å². The molecule has 25 heavy (non-hydrogen) atoms. The number of Topliss-reactive ketones (excluding diaryl/α,β-unsaturated/α-hetero) is 1. The van der Waals surface area contributed by atoms with Crippen LogP contribution < -0.4 is 9.47 Å². The highest BCUT2D eigenvalue weighted by Gasteiger charge is 2.24. The van der Waals surface area contributed by atoms with Gasteiger partial charge < -0.3 is 9.47 Å². The van der Waals surface area contributed by atoms with E-state index in [0.717, 1.165) is 22.3 Å². The summed E-state index contributed by atoms with van der Waals surface area (Å²) in [4.78, 5) is 12.5. The summed E-state index contributed by atoms with van der Waals surface area (Å²) in [5.41, 5.74) is 3.33. The van der Waals surface area contributed by atoms with Crippen LogP contribution in [0.2, 0.25) is 5.02 Å². The van der Waals surface area contributed by atoms with E-state index < -0.39 is 0 Å². The number of hydrogen-bond acceptors (Lipinski definition) is 3. The predicted octanol–water partition coefficient (Wildman–Crippen LogP) is 4.57. The van der Waals surface area contributed by atoms with Crippen molar-refractivity contribution in [2.24, 2.45) is 0 Å². The number of halogens is 1. The molecule has 0 N–H and O–H groups in total. The minimum Gasteiger partial charge on any atom is -0.490 e. The first-order valence-electron chi connectivity index (χ1n) is 7.99. The number of carbonyl (C=O) groups is 1. The summed E-state index contributed by atoms with van der Waals surface area (Å²) in [5, 5.41) is 0.399. The van der Waals surface area contributed by atoms with Crippen molar-refractivity contribution in [3.05, 3.63) is 63.7 Å². The summed E-state index contributed by atoms with van der Waals surface area (Å²) >= 11 is 6.33. The molecule has 3 nitrogen and oxygen atoms in total. The molecule has 0 bridgehead atoms. The normalized spacial score (nSPS) is 14.3. The third-order valence-electron chi connectivity index (χ3n) is 3.91. The Balaban J connectivity index is 1.96. The predicted molar refractivity (Wildman–Crippen MR) is 99.4 cm³/mol. The highest BCUT2D eigenvalue weighted by atomic mass is 35.5. The van der Waals surface area contributed by atoms with Crippen LogP contribution in [0.15, 0.2) is 42.0 Å². The maximum absolute atomic E-state index is 12.5. The van der Waals surface area contributed by atoms with Crippen LogP contribution in [0.3, 0.4) is 0 Å². The van der Waals surface area contributed by atoms with Crippen LogP contribution >= 0.6 is 11.6 Å². The zero-order chi connectivity index (χ0) is 17.8. The minimum absolute atomic E-state index is 0.0531. The molecule has 126 valence electrons. The Morgan fingerprint density at radius 1 is 1.28 bits per heavy atom. The van der Waals surface area contributed by atoms with Crippen LogP contribution in [0.1, 0.15) is 28.4 Å². The Hall–Kier alpha value is -2.70. The first-order valence-corrected chi connectivity index (χ1v) is 8.37. The van der Waals surface area contributed by atoms with E-state index in [0.29, 0.717) is 29.5 Å². The topological polar surface area (TPSA) is 35.5 Å². The molecule has 0 fully saturated rings. The van der Waals surface area contributed by atoms with Crippen LogP contribution in [-0.2, 0) is 6.42 Å². The van der Waals surface area contributed by atoms with E-state index in [1.54, 1.807) is 6.07 Å². The highest BCUT2D eigenvalue weighted by molar-refractivity contribution is 6.32. The quantitative estimate of drug-likeness (QED) is 0.584. The summed E-state index contributed by atoms with van der Waals surface area (Å²) in [6.07, 6.45) is 7.71. The lowest BCUT2D eigenvalue weighted by atomic mass is 10.1. The third kappa shape index (κ3) is 3.55. The second kappa shape index (κ2) is 7.46.